The van der Waals surface area contributed by atoms with Crippen LogP contribution in [0.1, 0.15) is 41.5 Å². The van der Waals surface area contributed by atoms with Crippen LogP contribution in [0.4, 0.5) is 76.0 Å². The fraction of sp³-hybridized carbons (Fsp3) is 0.429. The van der Waals surface area contributed by atoms with Crippen LogP contribution in [0.5, 0.6) is 0 Å². The summed E-state index contributed by atoms with van der Waals surface area (Å²) in [4.78, 5) is 22.9. The van der Waals surface area contributed by atoms with Gasteiger partial charge in [0.05, 0.1) is 22.3 Å². The number of hydrogen-bond acceptors (Lipinski definition) is 8. The van der Waals surface area contributed by atoms with E-state index in [2.05, 4.69) is 19.9 Å². The molecule has 5 rings (SSSR count). The molecule has 0 N–H and O–H groups in total. The predicted octanol–water partition coefficient (Wildman–Crippen LogP) is 8.85. The standard InChI is InChI=1S/C35H34F12N8/c36-32(37,38)24-4-8-28(48-20-24)52-12-1-13-53(29-9-5-25(21-49-29)33(39,40)41)15-3-17-55(31-11-7-27(23-51-31)35(45,46)47)19-18-54(16-2-14-52)30-10-6-26(22-50-30)34(42,43)44/h4-11,20-23H,1-3,12-19H2. The van der Waals surface area contributed by atoms with E-state index in [1.807, 2.05) is 0 Å². The van der Waals surface area contributed by atoms with Crippen molar-refractivity contribution in [3.63, 3.8) is 0 Å². The summed E-state index contributed by atoms with van der Waals surface area (Å²) in [5.74, 6) is 0.790. The van der Waals surface area contributed by atoms with E-state index in [4.69, 9.17) is 0 Å². The van der Waals surface area contributed by atoms with Crippen LogP contribution in [0.15, 0.2) is 73.3 Å². The highest BCUT2D eigenvalue weighted by molar-refractivity contribution is 5.45. The molecule has 20 heteroatoms. The zero-order valence-corrected chi connectivity index (χ0v) is 28.8. The normalized spacial score (nSPS) is 16.5. The summed E-state index contributed by atoms with van der Waals surface area (Å²) in [5, 5.41) is 0. The van der Waals surface area contributed by atoms with Crippen molar-refractivity contribution in [3.8, 4) is 0 Å². The number of alkyl halides is 12. The minimum absolute atomic E-state index is 0.115. The molecule has 4 aromatic rings. The molecular weight excluding hydrogens is 760 g/mol. The largest absolute Gasteiger partial charge is 0.417 e. The highest BCUT2D eigenvalue weighted by atomic mass is 19.4. The lowest BCUT2D eigenvalue weighted by Gasteiger charge is -2.31. The Morgan fingerprint density at radius 3 is 0.673 bits per heavy atom. The lowest BCUT2D eigenvalue weighted by atomic mass is 10.2. The van der Waals surface area contributed by atoms with Crippen molar-refractivity contribution >= 4 is 23.3 Å². The molecule has 0 aliphatic carbocycles. The summed E-state index contributed by atoms with van der Waals surface area (Å²) in [6, 6.07) is 8.35. The summed E-state index contributed by atoms with van der Waals surface area (Å²) < 4.78 is 160. The second-order valence-electron chi connectivity index (χ2n) is 12.6. The lowest BCUT2D eigenvalue weighted by molar-refractivity contribution is -0.138. The van der Waals surface area contributed by atoms with Crippen LogP contribution in [0.25, 0.3) is 0 Å². The van der Waals surface area contributed by atoms with Crippen LogP contribution in [0, 0.1) is 0 Å². The van der Waals surface area contributed by atoms with Crippen molar-refractivity contribution in [2.45, 2.75) is 44.0 Å². The highest BCUT2D eigenvalue weighted by Gasteiger charge is 2.34. The number of aromatic nitrogens is 4. The van der Waals surface area contributed by atoms with Crippen molar-refractivity contribution in [3.05, 3.63) is 95.6 Å². The Hall–Kier alpha value is -5.04. The molecule has 0 unspecified atom stereocenters. The summed E-state index contributed by atoms with van der Waals surface area (Å²) >= 11 is 0. The number of nitrogens with zero attached hydrogens (tertiary/aromatic N) is 8. The number of anilines is 4. The molecule has 1 aliphatic heterocycles. The first kappa shape index (κ1) is 41.1. The van der Waals surface area contributed by atoms with Gasteiger partial charge < -0.3 is 19.6 Å². The van der Waals surface area contributed by atoms with Crippen molar-refractivity contribution in [2.24, 2.45) is 0 Å². The summed E-state index contributed by atoms with van der Waals surface area (Å²) in [6.07, 6.45) is -14.8. The second kappa shape index (κ2) is 16.8. The topological polar surface area (TPSA) is 64.5 Å². The van der Waals surface area contributed by atoms with Gasteiger partial charge in [-0.1, -0.05) is 0 Å². The minimum atomic E-state index is -4.65. The zero-order valence-electron chi connectivity index (χ0n) is 28.8. The molecule has 1 saturated heterocycles. The molecule has 0 bridgehead atoms. The van der Waals surface area contributed by atoms with Crippen molar-refractivity contribution < 1.29 is 52.7 Å². The second-order valence-corrected chi connectivity index (χ2v) is 12.6. The van der Waals surface area contributed by atoms with Gasteiger partial charge in [-0.15, -0.1) is 0 Å². The average molecular weight is 795 g/mol. The van der Waals surface area contributed by atoms with Gasteiger partial charge in [-0.2, -0.15) is 52.7 Å². The molecule has 0 aromatic carbocycles. The van der Waals surface area contributed by atoms with Gasteiger partial charge in [0, 0.05) is 77.1 Å². The summed E-state index contributed by atoms with van der Waals surface area (Å²) in [6.45, 7) is 1.56. The van der Waals surface area contributed by atoms with E-state index in [9.17, 15) is 52.7 Å². The molecular formula is C35H34F12N8. The molecule has 0 spiro atoms. The Kier molecular flexibility index (Phi) is 12.5. The van der Waals surface area contributed by atoms with Gasteiger partial charge in [0.25, 0.3) is 0 Å². The smallest absolute Gasteiger partial charge is 0.356 e. The molecule has 0 atom stereocenters. The first-order chi connectivity index (χ1) is 25.8. The third kappa shape index (κ3) is 11.3. The Morgan fingerprint density at radius 2 is 0.509 bits per heavy atom. The monoisotopic (exact) mass is 794 g/mol. The maximum atomic E-state index is 13.3. The van der Waals surface area contributed by atoms with Gasteiger partial charge in [-0.05, 0) is 67.8 Å². The van der Waals surface area contributed by atoms with E-state index in [-0.39, 0.29) is 75.6 Å². The van der Waals surface area contributed by atoms with Crippen LogP contribution >= 0.6 is 0 Å². The number of hydrogen-bond donors (Lipinski definition) is 0. The lowest BCUT2D eigenvalue weighted by Crippen LogP contribution is -2.38. The maximum absolute atomic E-state index is 13.3. The van der Waals surface area contributed by atoms with Crippen LogP contribution in [0.3, 0.4) is 0 Å². The molecule has 0 radical (unpaired) electrons. The van der Waals surface area contributed by atoms with E-state index in [0.29, 0.717) is 44.0 Å². The van der Waals surface area contributed by atoms with Crippen molar-refractivity contribution in [1.82, 2.24) is 19.9 Å². The summed E-state index contributed by atoms with van der Waals surface area (Å²) in [5.41, 5.74) is -3.87. The van der Waals surface area contributed by atoms with Gasteiger partial charge in [-0.3, -0.25) is 0 Å². The quantitative estimate of drug-likeness (QED) is 0.190. The van der Waals surface area contributed by atoms with Gasteiger partial charge in [0.2, 0.25) is 0 Å². The van der Waals surface area contributed by atoms with E-state index in [1.165, 1.54) is 24.3 Å². The Bertz CT molecular complexity index is 1660. The van der Waals surface area contributed by atoms with E-state index >= 15 is 0 Å². The highest BCUT2D eigenvalue weighted by Crippen LogP contribution is 2.33. The zero-order chi connectivity index (χ0) is 40.0. The molecule has 55 heavy (non-hydrogen) atoms. The SMILES string of the molecule is FC(F)(F)c1ccc(N2CCCN(c3ccc(C(F)(F)F)cn3)CCCN(c3ccc(C(F)(F)F)cn3)CCN(c3ccc(C(F)(F)F)cn3)CCC2)nc1. The van der Waals surface area contributed by atoms with Gasteiger partial charge in [0.15, 0.2) is 0 Å². The first-order valence-corrected chi connectivity index (χ1v) is 16.9. The van der Waals surface area contributed by atoms with Crippen LogP contribution < -0.4 is 19.6 Å². The number of pyridine rings is 4. The van der Waals surface area contributed by atoms with Gasteiger partial charge >= 0.3 is 24.7 Å². The molecule has 4 aromatic heterocycles. The van der Waals surface area contributed by atoms with E-state index < -0.39 is 47.0 Å². The van der Waals surface area contributed by atoms with E-state index in [1.54, 1.807) is 19.6 Å². The Balaban J connectivity index is 1.47. The molecule has 1 fully saturated rings. The predicted molar refractivity (Wildman–Crippen MR) is 180 cm³/mol. The van der Waals surface area contributed by atoms with Gasteiger partial charge in [-0.25, -0.2) is 19.9 Å². The third-order valence-electron chi connectivity index (χ3n) is 8.80. The average Bonchev–Trinajstić information content (AvgIpc) is 3.13. The molecule has 0 saturated carbocycles. The Morgan fingerprint density at radius 1 is 0.309 bits per heavy atom. The summed E-state index contributed by atoms with van der Waals surface area (Å²) in [7, 11) is 0. The Labute approximate surface area is 307 Å². The van der Waals surface area contributed by atoms with Gasteiger partial charge in [0.1, 0.15) is 23.3 Å². The maximum Gasteiger partial charge on any atom is 0.417 e. The fourth-order valence-electron chi connectivity index (χ4n) is 5.93. The van der Waals surface area contributed by atoms with E-state index in [0.717, 1.165) is 24.3 Å². The molecule has 1 aliphatic rings. The molecule has 0 amide bonds. The van der Waals surface area contributed by atoms with Crippen LogP contribution in [-0.2, 0) is 24.7 Å². The number of halogens is 12. The van der Waals surface area contributed by atoms with Crippen LogP contribution in [-0.4, -0.2) is 72.3 Å². The molecule has 5 heterocycles. The van der Waals surface area contributed by atoms with Crippen molar-refractivity contribution in [1.29, 1.82) is 0 Å². The third-order valence-corrected chi connectivity index (χ3v) is 8.80. The minimum Gasteiger partial charge on any atom is -0.356 e. The number of rotatable bonds is 4. The van der Waals surface area contributed by atoms with Crippen LogP contribution in [0.2, 0.25) is 0 Å². The fourth-order valence-corrected chi connectivity index (χ4v) is 5.93. The first-order valence-electron chi connectivity index (χ1n) is 16.9. The van der Waals surface area contributed by atoms with Crippen molar-refractivity contribution in [2.75, 3.05) is 72.0 Å². The molecule has 8 nitrogen and oxygen atoms in total. The molecule has 298 valence electrons.